The van der Waals surface area contributed by atoms with Gasteiger partial charge >= 0.3 is 0 Å². The number of amides is 1. The van der Waals surface area contributed by atoms with Crippen LogP contribution in [0.3, 0.4) is 0 Å². The van der Waals surface area contributed by atoms with Crippen molar-refractivity contribution in [2.45, 2.75) is 6.10 Å². The Hall–Kier alpha value is -1.77. The molecule has 8 nitrogen and oxygen atoms in total. The van der Waals surface area contributed by atoms with Gasteiger partial charge in [0.25, 0.3) is 5.91 Å². The molecule has 2 heterocycles. The van der Waals surface area contributed by atoms with Crippen molar-refractivity contribution in [3.05, 3.63) is 17.8 Å². The number of nitrogens with one attached hydrogen (secondary N) is 1. The van der Waals surface area contributed by atoms with Crippen LogP contribution in [0.2, 0.25) is 0 Å². The van der Waals surface area contributed by atoms with E-state index in [2.05, 4.69) is 15.6 Å². The van der Waals surface area contributed by atoms with Gasteiger partial charge in [-0.15, -0.1) is 10.2 Å². The summed E-state index contributed by atoms with van der Waals surface area (Å²) in [6.45, 7) is 1.14. The third-order valence-corrected chi connectivity index (χ3v) is 2.66. The largest absolute Gasteiger partial charge is 0.394 e. The van der Waals surface area contributed by atoms with Crippen LogP contribution in [0.5, 0.6) is 0 Å². The second-order valence-corrected chi connectivity index (χ2v) is 3.87. The Bertz CT molecular complexity index is 410. The lowest BCUT2D eigenvalue weighted by atomic mass is 10.2. The van der Waals surface area contributed by atoms with Crippen LogP contribution in [0.25, 0.3) is 0 Å². The number of ether oxygens (including phenoxy) is 1. The van der Waals surface area contributed by atoms with E-state index in [-0.39, 0.29) is 24.3 Å². The lowest BCUT2D eigenvalue weighted by molar-refractivity contribution is -0.0448. The number of carbonyl (C=O) groups excluding carboxylic acids is 1. The molecule has 1 unspecified atom stereocenters. The second-order valence-electron chi connectivity index (χ2n) is 3.87. The molecule has 1 atom stereocenters. The van der Waals surface area contributed by atoms with Crippen molar-refractivity contribution in [3.63, 3.8) is 0 Å². The average molecular weight is 253 g/mol. The summed E-state index contributed by atoms with van der Waals surface area (Å²) in [5.41, 5.74) is 2.58. The summed E-state index contributed by atoms with van der Waals surface area (Å²) in [6.07, 6.45) is -0.333. The number of aromatic nitrogens is 2. The fourth-order valence-electron chi connectivity index (χ4n) is 1.70. The minimum absolute atomic E-state index is 0.106. The maximum Gasteiger partial charge on any atom is 0.274 e. The SMILES string of the molecule is NNc1ccc(C(=O)N2CCOC(CO)C2)nn1. The first-order chi connectivity index (χ1) is 8.74. The summed E-state index contributed by atoms with van der Waals surface area (Å²) in [5.74, 6) is 5.32. The molecule has 1 fully saturated rings. The Morgan fingerprint density at radius 1 is 1.61 bits per heavy atom. The minimum atomic E-state index is -0.333. The first-order valence-electron chi connectivity index (χ1n) is 5.56. The van der Waals surface area contributed by atoms with Gasteiger partial charge in [-0.25, -0.2) is 5.84 Å². The van der Waals surface area contributed by atoms with Gasteiger partial charge in [0.15, 0.2) is 11.5 Å². The Morgan fingerprint density at radius 3 is 3.06 bits per heavy atom. The molecule has 4 N–H and O–H groups in total. The molecule has 0 spiro atoms. The van der Waals surface area contributed by atoms with Crippen molar-refractivity contribution in [3.8, 4) is 0 Å². The molecule has 0 saturated carbocycles. The number of aliphatic hydroxyl groups excluding tert-OH is 1. The van der Waals surface area contributed by atoms with Gasteiger partial charge in [-0.2, -0.15) is 0 Å². The van der Waals surface area contributed by atoms with Gasteiger partial charge in [0, 0.05) is 13.1 Å². The fourth-order valence-corrected chi connectivity index (χ4v) is 1.70. The molecule has 1 aromatic heterocycles. The number of nitrogen functional groups attached to an aromatic ring is 1. The number of nitrogens with zero attached hydrogens (tertiary/aromatic N) is 3. The number of rotatable bonds is 3. The van der Waals surface area contributed by atoms with Gasteiger partial charge < -0.3 is 20.2 Å². The number of nitrogens with two attached hydrogens (primary N) is 1. The standard InChI is InChI=1S/C10H15N5O3/c11-12-9-2-1-8(13-14-9)10(17)15-3-4-18-7(5-15)6-16/h1-2,7,16H,3-6,11H2,(H,12,14). The molecule has 0 aliphatic carbocycles. The van der Waals surface area contributed by atoms with E-state index >= 15 is 0 Å². The highest BCUT2D eigenvalue weighted by molar-refractivity contribution is 5.92. The monoisotopic (exact) mass is 253 g/mol. The van der Waals surface area contributed by atoms with Crippen LogP contribution in [-0.4, -0.2) is 58.5 Å². The number of hydrogen-bond acceptors (Lipinski definition) is 7. The molecule has 1 amide bonds. The van der Waals surface area contributed by atoms with Crippen LogP contribution in [0.15, 0.2) is 12.1 Å². The number of hydrazine groups is 1. The second kappa shape index (κ2) is 5.71. The number of morpholine rings is 1. The van der Waals surface area contributed by atoms with Crippen molar-refractivity contribution in [2.75, 3.05) is 31.7 Å². The molecule has 2 rings (SSSR count). The van der Waals surface area contributed by atoms with E-state index < -0.39 is 0 Å². The predicted octanol–water partition coefficient (Wildman–Crippen LogP) is -1.40. The Kier molecular flexibility index (Phi) is 4.03. The molecule has 1 aliphatic rings. The third-order valence-electron chi connectivity index (χ3n) is 2.66. The number of aliphatic hydroxyl groups is 1. The van der Waals surface area contributed by atoms with Gasteiger partial charge in [0.05, 0.1) is 19.3 Å². The first-order valence-corrected chi connectivity index (χ1v) is 5.56. The summed E-state index contributed by atoms with van der Waals surface area (Å²) in [4.78, 5) is 13.7. The van der Waals surface area contributed by atoms with E-state index in [4.69, 9.17) is 15.7 Å². The van der Waals surface area contributed by atoms with Gasteiger partial charge in [0.1, 0.15) is 0 Å². The Labute approximate surface area is 104 Å². The molecule has 0 bridgehead atoms. The molecule has 8 heteroatoms. The zero-order chi connectivity index (χ0) is 13.0. The van der Waals surface area contributed by atoms with E-state index in [9.17, 15) is 4.79 Å². The molecule has 18 heavy (non-hydrogen) atoms. The van der Waals surface area contributed by atoms with Crippen molar-refractivity contribution < 1.29 is 14.6 Å². The molecule has 0 radical (unpaired) electrons. The third kappa shape index (κ3) is 2.73. The highest BCUT2D eigenvalue weighted by Gasteiger charge is 2.25. The zero-order valence-electron chi connectivity index (χ0n) is 9.74. The summed E-state index contributed by atoms with van der Waals surface area (Å²) < 4.78 is 5.27. The van der Waals surface area contributed by atoms with E-state index in [1.807, 2.05) is 0 Å². The van der Waals surface area contributed by atoms with Crippen molar-refractivity contribution in [1.29, 1.82) is 0 Å². The van der Waals surface area contributed by atoms with Crippen LogP contribution in [0.1, 0.15) is 10.5 Å². The topological polar surface area (TPSA) is 114 Å². The van der Waals surface area contributed by atoms with E-state index in [0.29, 0.717) is 25.5 Å². The van der Waals surface area contributed by atoms with Crippen LogP contribution in [0.4, 0.5) is 5.82 Å². The van der Waals surface area contributed by atoms with Crippen LogP contribution in [0, 0.1) is 0 Å². The van der Waals surface area contributed by atoms with E-state index in [1.54, 1.807) is 17.0 Å². The Balaban J connectivity index is 2.05. The number of anilines is 1. The fraction of sp³-hybridized carbons (Fsp3) is 0.500. The molecule has 1 aliphatic heterocycles. The van der Waals surface area contributed by atoms with Crippen molar-refractivity contribution in [1.82, 2.24) is 15.1 Å². The molecule has 1 saturated heterocycles. The highest BCUT2D eigenvalue weighted by atomic mass is 16.5. The first kappa shape index (κ1) is 12.7. The van der Waals surface area contributed by atoms with Gasteiger partial charge in [-0.1, -0.05) is 0 Å². The molecular weight excluding hydrogens is 238 g/mol. The van der Waals surface area contributed by atoms with Crippen molar-refractivity contribution >= 4 is 11.7 Å². The normalized spacial score (nSPS) is 19.7. The summed E-state index contributed by atoms with van der Waals surface area (Å²) in [7, 11) is 0. The molecule has 98 valence electrons. The highest BCUT2D eigenvalue weighted by Crippen LogP contribution is 2.09. The lowest BCUT2D eigenvalue weighted by Crippen LogP contribution is -2.47. The van der Waals surface area contributed by atoms with Gasteiger partial charge in [-0.05, 0) is 12.1 Å². The minimum Gasteiger partial charge on any atom is -0.394 e. The Morgan fingerprint density at radius 2 is 2.44 bits per heavy atom. The molecule has 0 aromatic carbocycles. The van der Waals surface area contributed by atoms with Crippen LogP contribution in [-0.2, 0) is 4.74 Å². The van der Waals surface area contributed by atoms with Crippen molar-refractivity contribution in [2.24, 2.45) is 5.84 Å². The van der Waals surface area contributed by atoms with E-state index in [0.717, 1.165) is 0 Å². The molecule has 1 aromatic rings. The van der Waals surface area contributed by atoms with Gasteiger partial charge in [0.2, 0.25) is 0 Å². The average Bonchev–Trinajstić information content (AvgIpc) is 2.46. The quantitative estimate of drug-likeness (QED) is 0.448. The summed E-state index contributed by atoms with van der Waals surface area (Å²) >= 11 is 0. The van der Waals surface area contributed by atoms with Crippen LogP contribution >= 0.6 is 0 Å². The maximum atomic E-state index is 12.1. The maximum absolute atomic E-state index is 12.1. The van der Waals surface area contributed by atoms with Crippen LogP contribution < -0.4 is 11.3 Å². The summed E-state index contributed by atoms with van der Waals surface area (Å²) in [5, 5.41) is 16.5. The number of carbonyl (C=O) groups is 1. The van der Waals surface area contributed by atoms with Gasteiger partial charge in [-0.3, -0.25) is 4.79 Å². The molecular formula is C10H15N5O3. The zero-order valence-corrected chi connectivity index (χ0v) is 9.74. The van der Waals surface area contributed by atoms with E-state index in [1.165, 1.54) is 0 Å². The smallest absolute Gasteiger partial charge is 0.274 e. The summed E-state index contributed by atoms with van der Waals surface area (Å²) in [6, 6.07) is 3.12. The lowest BCUT2D eigenvalue weighted by Gasteiger charge is -2.31. The number of hydrogen-bond donors (Lipinski definition) is 3. The predicted molar refractivity (Wildman–Crippen MR) is 62.6 cm³/mol.